The summed E-state index contributed by atoms with van der Waals surface area (Å²) in [5, 5.41) is 0. The summed E-state index contributed by atoms with van der Waals surface area (Å²) in [6.45, 7) is 7.89. The van der Waals surface area contributed by atoms with Crippen molar-refractivity contribution >= 4 is 0 Å². The van der Waals surface area contributed by atoms with Gasteiger partial charge in [-0.3, -0.25) is 0 Å². The molecule has 0 aromatic heterocycles. The van der Waals surface area contributed by atoms with Crippen molar-refractivity contribution in [2.45, 2.75) is 51.6 Å². The molecule has 14 heavy (non-hydrogen) atoms. The lowest BCUT2D eigenvalue weighted by molar-refractivity contribution is -0.453. The molecular formula is C11H18O3. The van der Waals surface area contributed by atoms with Crippen LogP contribution in [-0.2, 0) is 14.5 Å². The third-order valence-electron chi connectivity index (χ3n) is 2.78. The van der Waals surface area contributed by atoms with Gasteiger partial charge in [0.2, 0.25) is 0 Å². The standard InChI is InChI=1S/C11H18O3/c1-4-9-12-11(8-5-6-8)10(7(2)3)14-13-9/h8-11H,2,4-6H2,1,3H3/t9-,10-,11-/m1/s1. The van der Waals surface area contributed by atoms with Crippen LogP contribution in [0.5, 0.6) is 0 Å². The van der Waals surface area contributed by atoms with Crippen molar-refractivity contribution in [2.75, 3.05) is 0 Å². The second kappa shape index (κ2) is 4.01. The Kier molecular flexibility index (Phi) is 2.91. The van der Waals surface area contributed by atoms with Gasteiger partial charge in [-0.1, -0.05) is 13.5 Å². The minimum Gasteiger partial charge on any atom is -0.343 e. The van der Waals surface area contributed by atoms with Crippen LogP contribution < -0.4 is 0 Å². The maximum Gasteiger partial charge on any atom is 0.191 e. The van der Waals surface area contributed by atoms with Gasteiger partial charge in [-0.05, 0) is 37.7 Å². The monoisotopic (exact) mass is 198 g/mol. The number of hydrogen-bond acceptors (Lipinski definition) is 3. The molecular weight excluding hydrogens is 180 g/mol. The van der Waals surface area contributed by atoms with E-state index >= 15 is 0 Å². The lowest BCUT2D eigenvalue weighted by Gasteiger charge is -2.35. The fourth-order valence-corrected chi connectivity index (χ4v) is 1.76. The van der Waals surface area contributed by atoms with Crippen molar-refractivity contribution in [1.29, 1.82) is 0 Å². The Labute approximate surface area is 85.0 Å². The quantitative estimate of drug-likeness (QED) is 0.515. The Morgan fingerprint density at radius 1 is 1.36 bits per heavy atom. The van der Waals surface area contributed by atoms with Crippen LogP contribution in [0, 0.1) is 5.92 Å². The molecule has 0 amide bonds. The van der Waals surface area contributed by atoms with Crippen LogP contribution in [0.1, 0.15) is 33.1 Å². The van der Waals surface area contributed by atoms with Crippen LogP contribution in [0.2, 0.25) is 0 Å². The predicted octanol–water partition coefficient (Wildman–Crippen LogP) is 2.42. The van der Waals surface area contributed by atoms with Gasteiger partial charge < -0.3 is 4.74 Å². The lowest BCUT2D eigenvalue weighted by Crippen LogP contribution is -2.43. The van der Waals surface area contributed by atoms with Crippen LogP contribution in [0.4, 0.5) is 0 Å². The Morgan fingerprint density at radius 3 is 2.57 bits per heavy atom. The van der Waals surface area contributed by atoms with E-state index in [1.54, 1.807) is 0 Å². The van der Waals surface area contributed by atoms with E-state index in [1.165, 1.54) is 12.8 Å². The van der Waals surface area contributed by atoms with E-state index < -0.39 is 0 Å². The second-order valence-electron chi connectivity index (χ2n) is 4.24. The Morgan fingerprint density at radius 2 is 2.07 bits per heavy atom. The van der Waals surface area contributed by atoms with E-state index in [9.17, 15) is 0 Å². The van der Waals surface area contributed by atoms with Crippen LogP contribution >= 0.6 is 0 Å². The van der Waals surface area contributed by atoms with E-state index in [2.05, 4.69) is 6.58 Å². The van der Waals surface area contributed by atoms with E-state index in [-0.39, 0.29) is 18.5 Å². The summed E-state index contributed by atoms with van der Waals surface area (Å²) in [6.07, 6.45) is 3.20. The molecule has 2 fully saturated rings. The molecule has 3 heteroatoms. The summed E-state index contributed by atoms with van der Waals surface area (Å²) in [4.78, 5) is 10.5. The summed E-state index contributed by atoms with van der Waals surface area (Å²) in [5.74, 6) is 0.648. The highest BCUT2D eigenvalue weighted by molar-refractivity contribution is 5.05. The predicted molar refractivity (Wildman–Crippen MR) is 52.4 cm³/mol. The van der Waals surface area contributed by atoms with Gasteiger partial charge in [0, 0.05) is 0 Å². The molecule has 3 atom stereocenters. The minimum absolute atomic E-state index is 0.0784. The first kappa shape index (κ1) is 10.1. The molecule has 0 aromatic carbocycles. The summed E-state index contributed by atoms with van der Waals surface area (Å²) >= 11 is 0. The van der Waals surface area contributed by atoms with Gasteiger partial charge in [0.05, 0.1) is 6.10 Å². The van der Waals surface area contributed by atoms with Gasteiger partial charge in [0.25, 0.3) is 0 Å². The topological polar surface area (TPSA) is 27.7 Å². The van der Waals surface area contributed by atoms with E-state index in [0.29, 0.717) is 5.92 Å². The van der Waals surface area contributed by atoms with Crippen molar-refractivity contribution in [3.05, 3.63) is 12.2 Å². The zero-order valence-electron chi connectivity index (χ0n) is 8.86. The van der Waals surface area contributed by atoms with Gasteiger partial charge >= 0.3 is 0 Å². The summed E-state index contributed by atoms with van der Waals surface area (Å²) in [6, 6.07) is 0. The number of hydrogen-bond donors (Lipinski definition) is 0. The molecule has 1 aliphatic carbocycles. The third-order valence-corrected chi connectivity index (χ3v) is 2.78. The van der Waals surface area contributed by atoms with Gasteiger partial charge in [0.1, 0.15) is 6.10 Å². The molecule has 1 heterocycles. The first-order valence-corrected chi connectivity index (χ1v) is 5.35. The van der Waals surface area contributed by atoms with Crippen LogP contribution in [0.15, 0.2) is 12.2 Å². The molecule has 2 aliphatic rings. The molecule has 80 valence electrons. The Hall–Kier alpha value is -0.380. The third kappa shape index (κ3) is 2.00. The highest BCUT2D eigenvalue weighted by Gasteiger charge is 2.43. The average Bonchev–Trinajstić information content (AvgIpc) is 3.00. The molecule has 0 unspecified atom stereocenters. The van der Waals surface area contributed by atoms with Crippen LogP contribution in [0.25, 0.3) is 0 Å². The molecule has 0 N–H and O–H groups in total. The van der Waals surface area contributed by atoms with Gasteiger partial charge in [-0.2, -0.15) is 0 Å². The van der Waals surface area contributed by atoms with Crippen molar-refractivity contribution in [3.8, 4) is 0 Å². The van der Waals surface area contributed by atoms with Crippen molar-refractivity contribution in [1.82, 2.24) is 0 Å². The summed E-state index contributed by atoms with van der Waals surface area (Å²) < 4.78 is 5.83. The van der Waals surface area contributed by atoms with Crippen molar-refractivity contribution in [3.63, 3.8) is 0 Å². The smallest absolute Gasteiger partial charge is 0.191 e. The first-order valence-electron chi connectivity index (χ1n) is 5.35. The number of ether oxygens (including phenoxy) is 1. The first-order chi connectivity index (χ1) is 6.72. The lowest BCUT2D eigenvalue weighted by atomic mass is 10.0. The Bertz CT molecular complexity index is 223. The van der Waals surface area contributed by atoms with Gasteiger partial charge in [0.15, 0.2) is 6.29 Å². The zero-order chi connectivity index (χ0) is 10.1. The maximum atomic E-state index is 5.83. The van der Waals surface area contributed by atoms with Gasteiger partial charge in [-0.25, -0.2) is 9.78 Å². The van der Waals surface area contributed by atoms with Crippen molar-refractivity contribution in [2.24, 2.45) is 5.92 Å². The minimum atomic E-state index is -0.198. The molecule has 0 radical (unpaired) electrons. The fraction of sp³-hybridized carbons (Fsp3) is 0.818. The van der Waals surface area contributed by atoms with Crippen LogP contribution in [-0.4, -0.2) is 18.5 Å². The Balaban J connectivity index is 2.00. The molecule has 1 saturated carbocycles. The summed E-state index contributed by atoms with van der Waals surface area (Å²) in [5.41, 5.74) is 0.983. The highest BCUT2D eigenvalue weighted by atomic mass is 17.2. The molecule has 3 nitrogen and oxygen atoms in total. The molecule has 1 saturated heterocycles. The van der Waals surface area contributed by atoms with E-state index in [4.69, 9.17) is 14.5 Å². The molecule has 0 bridgehead atoms. The second-order valence-corrected chi connectivity index (χ2v) is 4.24. The van der Waals surface area contributed by atoms with Crippen LogP contribution in [0.3, 0.4) is 0 Å². The molecule has 0 spiro atoms. The molecule has 1 aliphatic heterocycles. The van der Waals surface area contributed by atoms with E-state index in [1.807, 2.05) is 13.8 Å². The molecule has 0 aromatic rings. The fourth-order valence-electron chi connectivity index (χ4n) is 1.76. The van der Waals surface area contributed by atoms with Gasteiger partial charge in [-0.15, -0.1) is 0 Å². The normalized spacial score (nSPS) is 38.3. The summed E-state index contributed by atoms with van der Waals surface area (Å²) in [7, 11) is 0. The molecule has 2 rings (SSSR count). The van der Waals surface area contributed by atoms with E-state index in [0.717, 1.165) is 12.0 Å². The largest absolute Gasteiger partial charge is 0.343 e. The highest BCUT2D eigenvalue weighted by Crippen LogP contribution is 2.40. The van der Waals surface area contributed by atoms with Crippen molar-refractivity contribution < 1.29 is 14.5 Å². The zero-order valence-corrected chi connectivity index (χ0v) is 8.86. The maximum absolute atomic E-state index is 5.83. The average molecular weight is 198 g/mol. The SMILES string of the molecule is C=C(C)[C@H]1OO[C@H](CC)O[C@@H]1C1CC1. The number of rotatable bonds is 3.